The zero-order valence-electron chi connectivity index (χ0n) is 27.5. The van der Waals surface area contributed by atoms with E-state index in [0.29, 0.717) is 18.7 Å². The number of nitrogens with zero attached hydrogens (tertiary/aromatic N) is 1. The first kappa shape index (κ1) is 38.3. The van der Waals surface area contributed by atoms with Crippen LogP contribution in [-0.4, -0.2) is 81.4 Å². The SMILES string of the molecule is CCC1C=CC(=O)OC1C=CC(O)(CCN(C)C)C(CC(O)C=CC=C(OC(=O)C1CCCCC1)C1CCCCC1)OP(=O)(O)O. The van der Waals surface area contributed by atoms with Crippen molar-refractivity contribution in [3.63, 3.8) is 0 Å². The Balaban J connectivity index is 1.83. The first-order valence-electron chi connectivity index (χ1n) is 16.8. The van der Waals surface area contributed by atoms with E-state index in [4.69, 9.17) is 14.0 Å². The Morgan fingerprint density at radius 2 is 1.74 bits per heavy atom. The van der Waals surface area contributed by atoms with Gasteiger partial charge in [-0.1, -0.05) is 69.8 Å². The van der Waals surface area contributed by atoms with Crippen molar-refractivity contribution in [2.75, 3.05) is 20.6 Å². The monoisotopic (exact) mass is 667 g/mol. The second-order valence-electron chi connectivity index (χ2n) is 13.2. The third kappa shape index (κ3) is 12.8. The highest BCUT2D eigenvalue weighted by molar-refractivity contribution is 7.46. The molecule has 3 aliphatic rings. The van der Waals surface area contributed by atoms with Crippen molar-refractivity contribution in [3.05, 3.63) is 48.3 Å². The molecule has 0 saturated heterocycles. The number of hydrogen-bond donors (Lipinski definition) is 4. The predicted octanol–water partition coefficient (Wildman–Crippen LogP) is 5.11. The van der Waals surface area contributed by atoms with Crippen molar-refractivity contribution in [2.24, 2.45) is 17.8 Å². The van der Waals surface area contributed by atoms with Gasteiger partial charge in [0.2, 0.25) is 0 Å². The van der Waals surface area contributed by atoms with E-state index in [9.17, 15) is 34.2 Å². The smallest absolute Gasteiger partial charge is 0.454 e. The maximum atomic E-state index is 13.0. The summed E-state index contributed by atoms with van der Waals surface area (Å²) in [6.45, 7) is 2.26. The molecule has 5 atom stereocenters. The Bertz CT molecular complexity index is 1150. The highest BCUT2D eigenvalue weighted by atomic mass is 31.2. The van der Waals surface area contributed by atoms with E-state index in [0.717, 1.165) is 64.2 Å². The molecule has 4 N–H and O–H groups in total. The van der Waals surface area contributed by atoms with Gasteiger partial charge < -0.3 is 34.4 Å². The molecule has 0 aromatic heterocycles. The lowest BCUT2D eigenvalue weighted by atomic mass is 9.86. The standard InChI is InChI=1S/C34H54NO10P/c1-4-25-18-19-32(37)43-30(25)20-21-34(39,22-23-35(2)3)31(45-46(40,41)42)24-28(36)16-11-17-29(26-12-7-5-8-13-26)44-33(38)27-14-9-6-10-15-27/h11,16-21,25-28,30-31,36,39H,4-10,12-15,22-24H2,1-3H3,(H2,40,41,42). The number of carbonyl (C=O) groups excluding carboxylic acids is 2. The van der Waals surface area contributed by atoms with Gasteiger partial charge in [-0.05, 0) is 64.8 Å². The summed E-state index contributed by atoms with van der Waals surface area (Å²) in [5, 5.41) is 22.9. The van der Waals surface area contributed by atoms with Gasteiger partial charge >= 0.3 is 19.8 Å². The van der Waals surface area contributed by atoms with Crippen molar-refractivity contribution in [1.29, 1.82) is 0 Å². The Kier molecular flexibility index (Phi) is 15.4. The molecule has 12 heteroatoms. The van der Waals surface area contributed by atoms with Crippen molar-refractivity contribution < 1.29 is 48.2 Å². The van der Waals surface area contributed by atoms with Crippen molar-refractivity contribution in [2.45, 2.75) is 114 Å². The molecule has 1 heterocycles. The Labute approximate surface area is 273 Å². The third-order valence-electron chi connectivity index (χ3n) is 9.20. The maximum absolute atomic E-state index is 13.0. The van der Waals surface area contributed by atoms with Crippen molar-refractivity contribution >= 4 is 19.8 Å². The molecule has 0 aromatic carbocycles. The molecule has 0 bridgehead atoms. The lowest BCUT2D eigenvalue weighted by molar-refractivity contribution is -0.146. The molecular weight excluding hydrogens is 613 g/mol. The molecule has 2 fully saturated rings. The lowest BCUT2D eigenvalue weighted by Crippen LogP contribution is -2.46. The van der Waals surface area contributed by atoms with Crippen molar-refractivity contribution in [3.8, 4) is 0 Å². The summed E-state index contributed by atoms with van der Waals surface area (Å²) in [7, 11) is -1.52. The number of aliphatic hydroxyl groups is 2. The van der Waals surface area contributed by atoms with Crippen LogP contribution in [0, 0.1) is 17.8 Å². The van der Waals surface area contributed by atoms with Crippen LogP contribution in [0.2, 0.25) is 0 Å². The Morgan fingerprint density at radius 3 is 2.33 bits per heavy atom. The minimum atomic E-state index is -5.10. The summed E-state index contributed by atoms with van der Waals surface area (Å²) in [6.07, 6.45) is 17.4. The second-order valence-corrected chi connectivity index (χ2v) is 14.4. The average molecular weight is 668 g/mol. The topological polar surface area (TPSA) is 163 Å². The highest BCUT2D eigenvalue weighted by Gasteiger charge is 2.41. The third-order valence-corrected chi connectivity index (χ3v) is 9.72. The van der Waals surface area contributed by atoms with E-state index in [-0.39, 0.29) is 36.6 Å². The van der Waals surface area contributed by atoms with Gasteiger partial charge in [0.15, 0.2) is 0 Å². The normalized spacial score (nSPS) is 25.1. The molecule has 1 aliphatic heterocycles. The fraction of sp³-hybridized carbons (Fsp3) is 0.706. The summed E-state index contributed by atoms with van der Waals surface area (Å²) in [5.41, 5.74) is -1.94. The number of cyclic esters (lactones) is 1. The second kappa shape index (κ2) is 18.4. The van der Waals surface area contributed by atoms with Crippen LogP contribution < -0.4 is 0 Å². The van der Waals surface area contributed by atoms with Gasteiger partial charge in [0.05, 0.1) is 12.0 Å². The molecule has 0 spiro atoms. The quantitative estimate of drug-likeness (QED) is 0.0569. The van der Waals surface area contributed by atoms with E-state index in [2.05, 4.69) is 0 Å². The van der Waals surface area contributed by atoms with Gasteiger partial charge in [0.25, 0.3) is 0 Å². The first-order valence-corrected chi connectivity index (χ1v) is 18.3. The zero-order valence-corrected chi connectivity index (χ0v) is 28.4. The minimum absolute atomic E-state index is 0.00769. The number of ether oxygens (including phenoxy) is 2. The summed E-state index contributed by atoms with van der Waals surface area (Å²) >= 11 is 0. The largest absolute Gasteiger partial charge is 0.469 e. The predicted molar refractivity (Wildman–Crippen MR) is 174 cm³/mol. The average Bonchev–Trinajstić information content (AvgIpc) is 3.02. The number of carbonyl (C=O) groups is 2. The minimum Gasteiger partial charge on any atom is -0.454 e. The molecule has 11 nitrogen and oxygen atoms in total. The molecule has 260 valence electrons. The lowest BCUT2D eigenvalue weighted by Gasteiger charge is -2.36. The molecule has 2 aliphatic carbocycles. The van der Waals surface area contributed by atoms with Crippen LogP contribution in [0.1, 0.15) is 90.4 Å². The summed E-state index contributed by atoms with van der Waals surface area (Å²) < 4.78 is 28.5. The fourth-order valence-electron chi connectivity index (χ4n) is 6.40. The van der Waals surface area contributed by atoms with E-state index >= 15 is 0 Å². The number of allylic oxidation sites excluding steroid dienone is 3. The molecule has 2 saturated carbocycles. The number of esters is 2. The van der Waals surface area contributed by atoms with E-state index in [1.54, 1.807) is 37.2 Å². The molecule has 0 amide bonds. The first-order chi connectivity index (χ1) is 21.8. The van der Waals surface area contributed by atoms with Crippen LogP contribution in [0.4, 0.5) is 0 Å². The number of phosphoric acid groups is 1. The summed E-state index contributed by atoms with van der Waals surface area (Å²) in [5.74, 6) is -0.291. The zero-order chi connectivity index (χ0) is 33.7. The summed E-state index contributed by atoms with van der Waals surface area (Å²) in [6, 6.07) is 0. The molecule has 5 unspecified atom stereocenters. The molecule has 3 rings (SSSR count). The van der Waals surface area contributed by atoms with Gasteiger partial charge in [-0.15, -0.1) is 0 Å². The molecule has 0 aromatic rings. The van der Waals surface area contributed by atoms with Gasteiger partial charge in [0, 0.05) is 30.9 Å². The van der Waals surface area contributed by atoms with Gasteiger partial charge in [-0.3, -0.25) is 9.32 Å². The fourth-order valence-corrected chi connectivity index (χ4v) is 7.00. The maximum Gasteiger partial charge on any atom is 0.469 e. The number of rotatable bonds is 16. The van der Waals surface area contributed by atoms with Crippen LogP contribution in [0.25, 0.3) is 0 Å². The van der Waals surface area contributed by atoms with E-state index in [1.807, 2.05) is 6.92 Å². The Morgan fingerprint density at radius 1 is 1.11 bits per heavy atom. The van der Waals surface area contributed by atoms with Crippen LogP contribution >= 0.6 is 7.82 Å². The Hall–Kier alpha value is -2.11. The number of hydrogen-bond acceptors (Lipinski definition) is 9. The van der Waals surface area contributed by atoms with Gasteiger partial charge in [-0.25, -0.2) is 9.36 Å². The van der Waals surface area contributed by atoms with Crippen LogP contribution in [0.3, 0.4) is 0 Å². The van der Waals surface area contributed by atoms with Gasteiger partial charge in [0.1, 0.15) is 23.6 Å². The molecular formula is C34H54NO10P. The van der Waals surface area contributed by atoms with E-state index in [1.165, 1.54) is 24.3 Å². The van der Waals surface area contributed by atoms with Gasteiger partial charge in [-0.2, -0.15) is 0 Å². The van der Waals surface area contributed by atoms with Crippen LogP contribution in [-0.2, 0) is 28.2 Å². The van der Waals surface area contributed by atoms with E-state index < -0.39 is 37.7 Å². The molecule has 46 heavy (non-hydrogen) atoms. The van der Waals surface area contributed by atoms with Crippen LogP contribution in [0.15, 0.2) is 48.3 Å². The highest BCUT2D eigenvalue weighted by Crippen LogP contribution is 2.43. The molecule has 0 radical (unpaired) electrons. The number of phosphoric ester groups is 1. The van der Waals surface area contributed by atoms with Crippen LogP contribution in [0.5, 0.6) is 0 Å². The van der Waals surface area contributed by atoms with Crippen molar-refractivity contribution in [1.82, 2.24) is 4.90 Å². The number of aliphatic hydroxyl groups excluding tert-OH is 1. The summed E-state index contributed by atoms with van der Waals surface area (Å²) in [4.78, 5) is 46.2.